The van der Waals surface area contributed by atoms with E-state index in [0.717, 1.165) is 5.69 Å². The number of benzene rings is 1. The van der Waals surface area contributed by atoms with Gasteiger partial charge in [-0.1, -0.05) is 18.2 Å². The molecular weight excluding hydrogens is 228 g/mol. The Morgan fingerprint density at radius 3 is 2.67 bits per heavy atom. The van der Waals surface area contributed by atoms with Crippen LogP contribution in [0.4, 0.5) is 5.82 Å². The Hall–Kier alpha value is -2.76. The number of rotatable bonds is 2. The molecule has 3 rings (SSSR count). The number of nitrogens with two attached hydrogens (primary N) is 1. The first kappa shape index (κ1) is 10.4. The number of nitrogen functional groups attached to an aromatic ring is 1. The molecule has 88 valence electrons. The topological polar surface area (TPSA) is 82.5 Å². The quantitative estimate of drug-likeness (QED) is 0.727. The molecule has 3 aromatic rings. The predicted molar refractivity (Wildman–Crippen MR) is 66.8 cm³/mol. The largest absolute Gasteiger partial charge is 0.384 e. The summed E-state index contributed by atoms with van der Waals surface area (Å²) in [6, 6.07) is 11.3. The maximum atomic E-state index is 5.61. The minimum Gasteiger partial charge on any atom is -0.384 e. The lowest BCUT2D eigenvalue weighted by Gasteiger charge is -1.98. The highest BCUT2D eigenvalue weighted by atomic mass is 15.5. The van der Waals surface area contributed by atoms with Crippen LogP contribution < -0.4 is 5.73 Å². The van der Waals surface area contributed by atoms with Crippen molar-refractivity contribution in [2.24, 2.45) is 0 Å². The Labute approximate surface area is 103 Å². The van der Waals surface area contributed by atoms with E-state index in [-0.39, 0.29) is 0 Å². The first-order valence-corrected chi connectivity index (χ1v) is 5.39. The Morgan fingerprint density at radius 2 is 1.89 bits per heavy atom. The summed E-state index contributed by atoms with van der Waals surface area (Å²) in [4.78, 5) is 9.74. The molecule has 2 N–H and O–H groups in total. The van der Waals surface area contributed by atoms with Crippen molar-refractivity contribution in [3.63, 3.8) is 0 Å². The molecule has 0 radical (unpaired) electrons. The molecule has 0 unspecified atom stereocenters. The molecule has 6 heteroatoms. The number of para-hydroxylation sites is 1. The zero-order valence-electron chi connectivity index (χ0n) is 9.43. The Balaban J connectivity index is 2.00. The molecule has 0 saturated heterocycles. The van der Waals surface area contributed by atoms with Crippen molar-refractivity contribution < 1.29 is 0 Å². The predicted octanol–water partition coefficient (Wildman–Crippen LogP) is 1.31. The zero-order valence-corrected chi connectivity index (χ0v) is 9.43. The molecule has 2 aromatic heterocycles. The van der Waals surface area contributed by atoms with E-state index >= 15 is 0 Å². The van der Waals surface area contributed by atoms with Gasteiger partial charge in [-0.3, -0.25) is 0 Å². The van der Waals surface area contributed by atoms with Crippen molar-refractivity contribution in [2.45, 2.75) is 0 Å². The lowest BCUT2D eigenvalue weighted by Crippen LogP contribution is -1.99. The summed E-state index contributed by atoms with van der Waals surface area (Å²) in [5, 5.41) is 8.49. The summed E-state index contributed by atoms with van der Waals surface area (Å²) in [5.41, 5.74) is 7.08. The van der Waals surface area contributed by atoms with Gasteiger partial charge in [0.05, 0.1) is 11.9 Å². The highest BCUT2D eigenvalue weighted by molar-refractivity contribution is 5.49. The van der Waals surface area contributed by atoms with Crippen LogP contribution in [0.3, 0.4) is 0 Å². The van der Waals surface area contributed by atoms with Gasteiger partial charge in [0, 0.05) is 6.20 Å². The van der Waals surface area contributed by atoms with Crippen LogP contribution >= 0.6 is 0 Å². The molecule has 2 heterocycles. The van der Waals surface area contributed by atoms with Crippen LogP contribution in [-0.4, -0.2) is 25.0 Å². The van der Waals surface area contributed by atoms with Crippen LogP contribution in [0.15, 0.2) is 48.8 Å². The third kappa shape index (κ3) is 1.91. The molecule has 0 saturated carbocycles. The fraction of sp³-hybridized carbons (Fsp3) is 0. The Kier molecular flexibility index (Phi) is 2.45. The van der Waals surface area contributed by atoms with Gasteiger partial charge in [0.1, 0.15) is 5.82 Å². The van der Waals surface area contributed by atoms with Gasteiger partial charge in [0.2, 0.25) is 0 Å². The van der Waals surface area contributed by atoms with Gasteiger partial charge in [0.25, 0.3) is 0 Å². The smallest absolute Gasteiger partial charge is 0.183 e. The lowest BCUT2D eigenvalue weighted by molar-refractivity contribution is 0.752. The van der Waals surface area contributed by atoms with Crippen LogP contribution in [0.1, 0.15) is 0 Å². The van der Waals surface area contributed by atoms with Crippen molar-refractivity contribution >= 4 is 5.82 Å². The second kappa shape index (κ2) is 4.25. The molecule has 0 amide bonds. The molecule has 6 nitrogen and oxygen atoms in total. The van der Waals surface area contributed by atoms with Crippen molar-refractivity contribution in [1.82, 2.24) is 25.0 Å². The summed E-state index contributed by atoms with van der Waals surface area (Å²) < 4.78 is 0. The highest BCUT2D eigenvalue weighted by Crippen LogP contribution is 2.12. The van der Waals surface area contributed by atoms with E-state index in [1.165, 1.54) is 4.80 Å². The third-order valence-electron chi connectivity index (χ3n) is 2.39. The number of anilines is 1. The second-order valence-corrected chi connectivity index (χ2v) is 3.66. The van der Waals surface area contributed by atoms with E-state index in [9.17, 15) is 0 Å². The molecule has 0 atom stereocenters. The fourth-order valence-electron chi connectivity index (χ4n) is 1.55. The molecule has 0 fully saturated rings. The van der Waals surface area contributed by atoms with Gasteiger partial charge in [-0.05, 0) is 18.2 Å². The van der Waals surface area contributed by atoms with Gasteiger partial charge in [-0.2, -0.15) is 9.90 Å². The highest BCUT2D eigenvalue weighted by Gasteiger charge is 2.07. The van der Waals surface area contributed by atoms with E-state index in [1.54, 1.807) is 18.5 Å². The van der Waals surface area contributed by atoms with E-state index in [4.69, 9.17) is 5.73 Å². The summed E-state index contributed by atoms with van der Waals surface area (Å²) in [6.45, 7) is 0. The maximum absolute atomic E-state index is 5.61. The summed E-state index contributed by atoms with van der Waals surface area (Å²) in [7, 11) is 0. The molecule has 1 aromatic carbocycles. The molecule has 18 heavy (non-hydrogen) atoms. The van der Waals surface area contributed by atoms with Crippen LogP contribution in [0.25, 0.3) is 17.2 Å². The maximum Gasteiger partial charge on any atom is 0.183 e. The minimum absolute atomic E-state index is 0.411. The van der Waals surface area contributed by atoms with Gasteiger partial charge in [0.15, 0.2) is 11.5 Å². The number of aromatic nitrogens is 5. The van der Waals surface area contributed by atoms with Gasteiger partial charge >= 0.3 is 0 Å². The first-order chi connectivity index (χ1) is 8.83. The van der Waals surface area contributed by atoms with Gasteiger partial charge in [-0.25, -0.2) is 9.97 Å². The van der Waals surface area contributed by atoms with Crippen molar-refractivity contribution in [1.29, 1.82) is 0 Å². The molecule has 0 aliphatic rings. The molecule has 0 spiro atoms. The number of hydrogen-bond acceptors (Lipinski definition) is 5. The third-order valence-corrected chi connectivity index (χ3v) is 2.39. The average Bonchev–Trinajstić information content (AvgIpc) is 2.89. The molecule has 0 aliphatic heterocycles. The number of hydrogen-bond donors (Lipinski definition) is 1. The zero-order chi connectivity index (χ0) is 12.4. The van der Waals surface area contributed by atoms with Crippen molar-refractivity contribution in [3.05, 3.63) is 48.8 Å². The molecule has 0 aliphatic carbocycles. The van der Waals surface area contributed by atoms with Crippen LogP contribution in [0, 0.1) is 0 Å². The van der Waals surface area contributed by atoms with Crippen molar-refractivity contribution in [2.75, 3.05) is 5.73 Å². The summed E-state index contributed by atoms with van der Waals surface area (Å²) >= 11 is 0. The van der Waals surface area contributed by atoms with Crippen LogP contribution in [-0.2, 0) is 0 Å². The van der Waals surface area contributed by atoms with E-state index in [2.05, 4.69) is 20.2 Å². The molecular formula is C12H10N6. The van der Waals surface area contributed by atoms with Crippen LogP contribution in [0.2, 0.25) is 0 Å². The summed E-state index contributed by atoms with van der Waals surface area (Å²) in [6.07, 6.45) is 3.21. The van der Waals surface area contributed by atoms with Gasteiger partial charge in [-0.15, -0.1) is 5.10 Å². The number of nitrogens with zero attached hydrogens (tertiary/aromatic N) is 5. The second-order valence-electron chi connectivity index (χ2n) is 3.66. The first-order valence-electron chi connectivity index (χ1n) is 5.39. The van der Waals surface area contributed by atoms with Crippen LogP contribution in [0.5, 0.6) is 0 Å². The lowest BCUT2D eigenvalue weighted by atomic mass is 10.3. The summed E-state index contributed by atoms with van der Waals surface area (Å²) in [5.74, 6) is 0.881. The fourth-order valence-corrected chi connectivity index (χ4v) is 1.55. The SMILES string of the molecule is Nc1ccnc(-c2cnn(-c3ccccc3)n2)n1. The standard InChI is InChI=1S/C12H10N6/c13-11-6-7-14-12(16-11)10-8-15-18(17-10)9-4-2-1-3-5-9/h1-8H,(H2,13,14,16). The van der Waals surface area contributed by atoms with E-state index in [0.29, 0.717) is 17.3 Å². The van der Waals surface area contributed by atoms with E-state index in [1.807, 2.05) is 30.3 Å². The average molecular weight is 238 g/mol. The van der Waals surface area contributed by atoms with Crippen molar-refractivity contribution in [3.8, 4) is 17.2 Å². The molecule has 0 bridgehead atoms. The van der Waals surface area contributed by atoms with Gasteiger partial charge < -0.3 is 5.73 Å². The Bertz CT molecular complexity index is 661. The normalized spacial score (nSPS) is 10.4. The van der Waals surface area contributed by atoms with E-state index < -0.39 is 0 Å². The minimum atomic E-state index is 0.411. The monoisotopic (exact) mass is 238 g/mol. The Morgan fingerprint density at radius 1 is 1.06 bits per heavy atom.